The highest BCUT2D eigenvalue weighted by atomic mass is 16.5. The van der Waals surface area contributed by atoms with Gasteiger partial charge in [0, 0.05) is 19.3 Å². The van der Waals surface area contributed by atoms with Gasteiger partial charge in [-0.25, -0.2) is 0 Å². The summed E-state index contributed by atoms with van der Waals surface area (Å²) < 4.78 is 11.3. The zero-order valence-corrected chi connectivity index (χ0v) is 18.1. The number of rotatable bonds is 4. The van der Waals surface area contributed by atoms with E-state index in [0.717, 1.165) is 31.2 Å². The van der Waals surface area contributed by atoms with Crippen LogP contribution < -0.4 is 0 Å². The highest BCUT2D eigenvalue weighted by Crippen LogP contribution is 2.60. The smallest absolute Gasteiger partial charge is 0.303 e. The monoisotopic (exact) mass is 386 g/mol. The van der Waals surface area contributed by atoms with E-state index in [4.69, 9.17) is 9.47 Å². The van der Waals surface area contributed by atoms with Crippen LogP contribution in [0.4, 0.5) is 0 Å². The average Bonchev–Trinajstić information content (AvgIpc) is 2.61. The van der Waals surface area contributed by atoms with Crippen molar-refractivity contribution in [2.45, 2.75) is 84.7 Å². The van der Waals surface area contributed by atoms with Crippen LogP contribution in [0, 0.1) is 11.3 Å². The van der Waals surface area contributed by atoms with Gasteiger partial charge in [0.05, 0.1) is 6.61 Å². The molecule has 0 saturated heterocycles. The molecule has 1 saturated carbocycles. The van der Waals surface area contributed by atoms with Crippen LogP contribution in [0.2, 0.25) is 0 Å². The average molecular weight is 387 g/mol. The summed E-state index contributed by atoms with van der Waals surface area (Å²) in [6.07, 6.45) is 3.77. The van der Waals surface area contributed by atoms with Gasteiger partial charge in [-0.05, 0) is 53.2 Å². The molecule has 0 aliphatic heterocycles. The number of carbonyl (C=O) groups is 2. The van der Waals surface area contributed by atoms with Crippen LogP contribution in [0.25, 0.3) is 0 Å². The van der Waals surface area contributed by atoms with E-state index < -0.39 is 0 Å². The van der Waals surface area contributed by atoms with Crippen molar-refractivity contribution < 1.29 is 19.1 Å². The van der Waals surface area contributed by atoms with Crippen LogP contribution >= 0.6 is 0 Å². The summed E-state index contributed by atoms with van der Waals surface area (Å²) in [6.45, 7) is 12.3. The Morgan fingerprint density at radius 2 is 1.86 bits per heavy atom. The number of ether oxygens (including phenoxy) is 2. The van der Waals surface area contributed by atoms with Gasteiger partial charge in [-0.15, -0.1) is 0 Å². The van der Waals surface area contributed by atoms with E-state index in [1.165, 1.54) is 25.0 Å². The topological polar surface area (TPSA) is 52.6 Å². The fourth-order valence-electron chi connectivity index (χ4n) is 5.66. The lowest BCUT2D eigenvalue weighted by Gasteiger charge is -2.56. The van der Waals surface area contributed by atoms with Crippen molar-refractivity contribution >= 4 is 11.9 Å². The summed E-state index contributed by atoms with van der Waals surface area (Å²) in [5, 5.41) is 0. The molecule has 2 aliphatic carbocycles. The van der Waals surface area contributed by atoms with Crippen molar-refractivity contribution in [1.29, 1.82) is 0 Å². The van der Waals surface area contributed by atoms with Gasteiger partial charge < -0.3 is 9.47 Å². The summed E-state index contributed by atoms with van der Waals surface area (Å²) in [5.41, 5.74) is 3.61. The molecule has 0 N–H and O–H groups in total. The molecule has 154 valence electrons. The number of hydrogen-bond acceptors (Lipinski definition) is 4. The molecule has 28 heavy (non-hydrogen) atoms. The van der Waals surface area contributed by atoms with Crippen LogP contribution in [0.3, 0.4) is 0 Å². The van der Waals surface area contributed by atoms with Crippen molar-refractivity contribution in [1.82, 2.24) is 0 Å². The van der Waals surface area contributed by atoms with Gasteiger partial charge in [-0.1, -0.05) is 52.3 Å². The Morgan fingerprint density at radius 1 is 1.14 bits per heavy atom. The fraction of sp³-hybridized carbons (Fsp3) is 0.667. The van der Waals surface area contributed by atoms with Gasteiger partial charge in [-0.2, -0.15) is 0 Å². The van der Waals surface area contributed by atoms with E-state index in [9.17, 15) is 9.59 Å². The van der Waals surface area contributed by atoms with E-state index in [-0.39, 0.29) is 34.8 Å². The lowest BCUT2D eigenvalue weighted by Crippen LogP contribution is -2.52. The molecule has 4 atom stereocenters. The fourth-order valence-corrected chi connectivity index (χ4v) is 5.66. The Balaban J connectivity index is 2.08. The van der Waals surface area contributed by atoms with Crippen LogP contribution in [0.15, 0.2) is 18.2 Å². The molecule has 0 amide bonds. The molecule has 1 fully saturated rings. The minimum Gasteiger partial charge on any atom is -0.465 e. The van der Waals surface area contributed by atoms with Gasteiger partial charge in [-0.3, -0.25) is 9.59 Å². The van der Waals surface area contributed by atoms with Gasteiger partial charge in [0.1, 0.15) is 6.10 Å². The number of carbonyl (C=O) groups excluding carboxylic acids is 2. The maximum atomic E-state index is 11.9. The Bertz CT molecular complexity index is 768. The lowest BCUT2D eigenvalue weighted by atomic mass is 9.49. The first kappa shape index (κ1) is 20.9. The van der Waals surface area contributed by atoms with Crippen molar-refractivity contribution in [2.75, 3.05) is 6.61 Å². The predicted molar refractivity (Wildman–Crippen MR) is 109 cm³/mol. The van der Waals surface area contributed by atoms with E-state index in [2.05, 4.69) is 45.9 Å². The maximum Gasteiger partial charge on any atom is 0.303 e. The largest absolute Gasteiger partial charge is 0.465 e. The van der Waals surface area contributed by atoms with Crippen molar-refractivity contribution in [3.8, 4) is 0 Å². The van der Waals surface area contributed by atoms with E-state index in [0.29, 0.717) is 12.5 Å². The minimum absolute atomic E-state index is 0.00532. The summed E-state index contributed by atoms with van der Waals surface area (Å²) in [5.74, 6) is 0.235. The van der Waals surface area contributed by atoms with Crippen LogP contribution in [0.1, 0.15) is 95.9 Å². The summed E-state index contributed by atoms with van der Waals surface area (Å²) in [7, 11) is 0. The van der Waals surface area contributed by atoms with Crippen LogP contribution in [0.5, 0.6) is 0 Å². The molecule has 3 rings (SSSR count). The number of fused-ring (bicyclic) bond motifs is 3. The number of benzene rings is 1. The highest BCUT2D eigenvalue weighted by molar-refractivity contribution is 5.67. The highest BCUT2D eigenvalue weighted by Gasteiger charge is 2.54. The summed E-state index contributed by atoms with van der Waals surface area (Å²) in [4.78, 5) is 23.4. The van der Waals surface area contributed by atoms with E-state index in [1.54, 1.807) is 0 Å². The second-order valence-electron chi connectivity index (χ2n) is 9.59. The van der Waals surface area contributed by atoms with E-state index >= 15 is 0 Å². The summed E-state index contributed by atoms with van der Waals surface area (Å²) >= 11 is 0. The third kappa shape index (κ3) is 3.70. The molecule has 0 aromatic heterocycles. The minimum atomic E-state index is -0.244. The third-order valence-corrected chi connectivity index (χ3v) is 7.12. The zero-order chi connectivity index (χ0) is 20.7. The van der Waals surface area contributed by atoms with Crippen molar-refractivity contribution in [2.24, 2.45) is 11.3 Å². The molecule has 1 aromatic rings. The predicted octanol–water partition coefficient (Wildman–Crippen LogP) is 5.45. The van der Waals surface area contributed by atoms with Gasteiger partial charge in [0.2, 0.25) is 0 Å². The molecule has 0 heterocycles. The molecule has 4 nitrogen and oxygen atoms in total. The molecular formula is C24H34O4. The molecule has 1 aromatic carbocycles. The molecule has 2 aliphatic rings. The van der Waals surface area contributed by atoms with E-state index in [1.807, 2.05) is 0 Å². The third-order valence-electron chi connectivity index (χ3n) is 7.12. The molecule has 0 bridgehead atoms. The molecule has 4 heteroatoms. The van der Waals surface area contributed by atoms with Crippen molar-refractivity contribution in [3.05, 3.63) is 34.9 Å². The van der Waals surface area contributed by atoms with Crippen molar-refractivity contribution in [3.63, 3.8) is 0 Å². The van der Waals surface area contributed by atoms with Gasteiger partial charge in [0.25, 0.3) is 0 Å². The Kier molecular flexibility index (Phi) is 5.62. The van der Waals surface area contributed by atoms with Crippen LogP contribution in [-0.2, 0) is 24.5 Å². The second-order valence-corrected chi connectivity index (χ2v) is 9.59. The SMILES string of the molecule is CC(=O)OCC1(C)CCCC2(C)c3ccc(C(C)C)cc3C(OC(C)=O)CC12. The number of hydrogen-bond donors (Lipinski definition) is 0. The lowest BCUT2D eigenvalue weighted by molar-refractivity contribution is -0.154. The number of esters is 2. The Morgan fingerprint density at radius 3 is 2.46 bits per heavy atom. The molecular weight excluding hydrogens is 352 g/mol. The maximum absolute atomic E-state index is 11.9. The first-order valence-electron chi connectivity index (χ1n) is 10.5. The van der Waals surface area contributed by atoms with Gasteiger partial charge >= 0.3 is 11.9 Å². The van der Waals surface area contributed by atoms with Crippen LogP contribution in [-0.4, -0.2) is 18.5 Å². The summed E-state index contributed by atoms with van der Waals surface area (Å²) in [6, 6.07) is 6.72. The van der Waals surface area contributed by atoms with Gasteiger partial charge in [0.15, 0.2) is 0 Å². The first-order chi connectivity index (χ1) is 13.1. The molecule has 4 unspecified atom stereocenters. The standard InChI is InChI=1S/C24H34O4/c1-15(2)18-8-9-20-19(12-18)21(28-17(4)26)13-22-23(5,14-27-16(3)25)10-7-11-24(20,22)6/h8-9,12,15,21-22H,7,10-11,13-14H2,1-6H3. The second kappa shape index (κ2) is 7.53. The zero-order valence-electron chi connectivity index (χ0n) is 18.1. The molecule has 0 radical (unpaired) electrons. The normalized spacial score (nSPS) is 31.7. The Hall–Kier alpha value is -1.84. The molecule has 0 spiro atoms. The Labute approximate surface area is 169 Å². The quantitative estimate of drug-likeness (QED) is 0.646. The first-order valence-corrected chi connectivity index (χ1v) is 10.5.